The zero-order valence-electron chi connectivity index (χ0n) is 18.4. The molecular weight excluding hydrogens is 500 g/mol. The third-order valence-corrected chi connectivity index (χ3v) is 7.50. The average Bonchev–Trinajstić information content (AvgIpc) is 3.49. The molecule has 9 heteroatoms. The van der Waals surface area contributed by atoms with Crippen LogP contribution in [-0.4, -0.2) is 50.5 Å². The Kier molecular flexibility index (Phi) is 6.41. The molecule has 7 nitrogen and oxygen atoms in total. The van der Waals surface area contributed by atoms with Gasteiger partial charge in [0.05, 0.1) is 22.8 Å². The lowest BCUT2D eigenvalue weighted by Crippen LogP contribution is -2.40. The van der Waals surface area contributed by atoms with Gasteiger partial charge in [-0.05, 0) is 51.8 Å². The first-order valence-electron chi connectivity index (χ1n) is 11.0. The SMILES string of the molecule is CN(Cc1cccnc1)c1cc(C2CCCN(C(=O)Cc3cccs3)C2)nc2c(Br)cnn12. The van der Waals surface area contributed by atoms with E-state index in [2.05, 4.69) is 50.1 Å². The average molecular weight is 525 g/mol. The van der Waals surface area contributed by atoms with Crippen molar-refractivity contribution in [2.45, 2.75) is 31.7 Å². The Morgan fingerprint density at radius 3 is 3.00 bits per heavy atom. The maximum Gasteiger partial charge on any atom is 0.227 e. The van der Waals surface area contributed by atoms with E-state index in [1.54, 1.807) is 23.7 Å². The number of likely N-dealkylation sites (tertiary alicyclic amines) is 1. The summed E-state index contributed by atoms with van der Waals surface area (Å²) in [5.74, 6) is 1.36. The summed E-state index contributed by atoms with van der Waals surface area (Å²) in [5.41, 5.74) is 2.92. The number of anilines is 1. The third-order valence-electron chi connectivity index (χ3n) is 6.06. The van der Waals surface area contributed by atoms with Crippen LogP contribution in [0.3, 0.4) is 0 Å². The van der Waals surface area contributed by atoms with Crippen LogP contribution < -0.4 is 4.90 Å². The van der Waals surface area contributed by atoms with Crippen LogP contribution in [0.4, 0.5) is 5.82 Å². The maximum absolute atomic E-state index is 12.9. The Morgan fingerprint density at radius 2 is 2.21 bits per heavy atom. The molecule has 170 valence electrons. The Balaban J connectivity index is 1.41. The van der Waals surface area contributed by atoms with E-state index < -0.39 is 0 Å². The smallest absolute Gasteiger partial charge is 0.227 e. The number of rotatable bonds is 6. The second-order valence-electron chi connectivity index (χ2n) is 8.42. The summed E-state index contributed by atoms with van der Waals surface area (Å²) in [6.45, 7) is 2.22. The van der Waals surface area contributed by atoms with Crippen LogP contribution in [0.15, 0.2) is 58.8 Å². The Bertz CT molecular complexity index is 1240. The van der Waals surface area contributed by atoms with Crippen LogP contribution in [0.1, 0.15) is 34.9 Å². The summed E-state index contributed by atoms with van der Waals surface area (Å²) >= 11 is 5.24. The van der Waals surface area contributed by atoms with Crippen LogP contribution in [0, 0.1) is 0 Å². The summed E-state index contributed by atoms with van der Waals surface area (Å²) < 4.78 is 2.73. The molecule has 0 radical (unpaired) electrons. The van der Waals surface area contributed by atoms with Gasteiger partial charge >= 0.3 is 0 Å². The lowest BCUT2D eigenvalue weighted by molar-refractivity contribution is -0.131. The minimum atomic E-state index is 0.197. The lowest BCUT2D eigenvalue weighted by atomic mass is 9.94. The van der Waals surface area contributed by atoms with Gasteiger partial charge in [-0.25, -0.2) is 4.98 Å². The summed E-state index contributed by atoms with van der Waals surface area (Å²) in [4.78, 5) is 27.4. The first-order valence-corrected chi connectivity index (χ1v) is 12.7. The van der Waals surface area contributed by atoms with Crippen LogP contribution in [0.25, 0.3) is 5.65 Å². The lowest BCUT2D eigenvalue weighted by Gasteiger charge is -2.33. The molecule has 5 heterocycles. The van der Waals surface area contributed by atoms with E-state index in [0.29, 0.717) is 19.5 Å². The Morgan fingerprint density at radius 1 is 1.30 bits per heavy atom. The van der Waals surface area contributed by atoms with Crippen molar-refractivity contribution < 1.29 is 4.79 Å². The molecule has 1 aliphatic heterocycles. The topological polar surface area (TPSA) is 66.6 Å². The number of carbonyl (C=O) groups excluding carboxylic acids is 1. The molecule has 0 bridgehead atoms. The minimum absolute atomic E-state index is 0.197. The summed E-state index contributed by atoms with van der Waals surface area (Å²) in [6, 6.07) is 10.2. The first-order chi connectivity index (χ1) is 16.1. The highest BCUT2D eigenvalue weighted by molar-refractivity contribution is 9.10. The molecule has 1 fully saturated rings. The predicted octanol–water partition coefficient (Wildman–Crippen LogP) is 4.53. The molecule has 0 N–H and O–H groups in total. The number of pyridine rings is 1. The Hall–Kier alpha value is -2.78. The number of halogens is 1. The van der Waals surface area contributed by atoms with Crippen molar-refractivity contribution in [3.63, 3.8) is 0 Å². The number of carbonyl (C=O) groups is 1. The van der Waals surface area contributed by atoms with Gasteiger partial charge in [0.25, 0.3) is 0 Å². The zero-order valence-corrected chi connectivity index (χ0v) is 20.8. The second-order valence-corrected chi connectivity index (χ2v) is 10.3. The van der Waals surface area contributed by atoms with Gasteiger partial charge in [0.2, 0.25) is 5.91 Å². The van der Waals surface area contributed by atoms with Gasteiger partial charge in [0.1, 0.15) is 5.82 Å². The number of amides is 1. The molecule has 1 saturated heterocycles. The molecule has 1 atom stereocenters. The van der Waals surface area contributed by atoms with Gasteiger partial charge in [-0.3, -0.25) is 9.78 Å². The zero-order chi connectivity index (χ0) is 22.8. The summed E-state index contributed by atoms with van der Waals surface area (Å²) in [7, 11) is 2.05. The number of hydrogen-bond donors (Lipinski definition) is 0. The van der Waals surface area contributed by atoms with E-state index >= 15 is 0 Å². The molecule has 33 heavy (non-hydrogen) atoms. The fourth-order valence-electron chi connectivity index (χ4n) is 4.39. The second kappa shape index (κ2) is 9.61. The van der Waals surface area contributed by atoms with E-state index in [9.17, 15) is 4.79 Å². The van der Waals surface area contributed by atoms with E-state index in [1.807, 2.05) is 39.2 Å². The van der Waals surface area contributed by atoms with Crippen LogP contribution in [0.5, 0.6) is 0 Å². The molecule has 4 aromatic heterocycles. The number of aromatic nitrogens is 4. The van der Waals surface area contributed by atoms with Crippen molar-refractivity contribution in [3.05, 3.63) is 74.9 Å². The van der Waals surface area contributed by atoms with Crippen molar-refractivity contribution in [2.24, 2.45) is 0 Å². The fourth-order valence-corrected chi connectivity index (χ4v) is 5.43. The molecule has 1 aliphatic rings. The molecule has 0 aliphatic carbocycles. The molecule has 1 unspecified atom stereocenters. The van der Waals surface area contributed by atoms with Crippen molar-refractivity contribution in [1.82, 2.24) is 24.5 Å². The van der Waals surface area contributed by atoms with E-state index in [0.717, 1.165) is 51.5 Å². The fraction of sp³-hybridized carbons (Fsp3) is 0.333. The quantitative estimate of drug-likeness (QED) is 0.370. The first kappa shape index (κ1) is 22.0. The maximum atomic E-state index is 12.9. The van der Waals surface area contributed by atoms with Crippen LogP contribution >= 0.6 is 27.3 Å². The summed E-state index contributed by atoms with van der Waals surface area (Å²) in [6.07, 6.45) is 7.92. The van der Waals surface area contributed by atoms with Crippen molar-refractivity contribution >= 4 is 44.6 Å². The predicted molar refractivity (Wildman–Crippen MR) is 134 cm³/mol. The normalized spacial score (nSPS) is 16.3. The monoisotopic (exact) mass is 524 g/mol. The highest BCUT2D eigenvalue weighted by Gasteiger charge is 2.27. The molecule has 5 rings (SSSR count). The standard InChI is InChI=1S/C24H25BrN6OS/c1-29(15-17-5-2-8-26-13-17)22-12-21(28-24-20(25)14-27-31(22)24)18-6-3-9-30(16-18)23(32)11-19-7-4-10-33-19/h2,4-5,7-8,10,12-14,18H,3,6,9,11,15-16H2,1H3. The molecule has 0 saturated carbocycles. The third kappa shape index (κ3) is 4.79. The Labute approximate surface area is 205 Å². The van der Waals surface area contributed by atoms with Gasteiger partial charge < -0.3 is 9.80 Å². The van der Waals surface area contributed by atoms with E-state index in [-0.39, 0.29) is 11.8 Å². The molecule has 1 amide bonds. The molecule has 0 spiro atoms. The van der Waals surface area contributed by atoms with Gasteiger partial charge in [0.15, 0.2) is 5.65 Å². The summed E-state index contributed by atoms with van der Waals surface area (Å²) in [5, 5.41) is 6.56. The van der Waals surface area contributed by atoms with Crippen LogP contribution in [-0.2, 0) is 17.8 Å². The highest BCUT2D eigenvalue weighted by Crippen LogP contribution is 2.31. The van der Waals surface area contributed by atoms with Crippen LogP contribution in [0.2, 0.25) is 0 Å². The van der Waals surface area contributed by atoms with Crippen molar-refractivity contribution in [1.29, 1.82) is 0 Å². The number of piperidine rings is 1. The van der Waals surface area contributed by atoms with Gasteiger partial charge in [-0.15, -0.1) is 11.3 Å². The van der Waals surface area contributed by atoms with E-state index in [1.165, 1.54) is 0 Å². The number of thiophene rings is 1. The number of hydrogen-bond acceptors (Lipinski definition) is 6. The minimum Gasteiger partial charge on any atom is -0.355 e. The van der Waals surface area contributed by atoms with E-state index in [4.69, 9.17) is 4.98 Å². The number of fused-ring (bicyclic) bond motifs is 1. The largest absolute Gasteiger partial charge is 0.355 e. The van der Waals surface area contributed by atoms with Gasteiger partial charge in [-0.2, -0.15) is 9.61 Å². The highest BCUT2D eigenvalue weighted by atomic mass is 79.9. The molecule has 0 aromatic carbocycles. The van der Waals surface area contributed by atoms with Gasteiger partial charge in [-0.1, -0.05) is 12.1 Å². The van der Waals surface area contributed by atoms with Crippen molar-refractivity contribution in [2.75, 3.05) is 25.0 Å². The molecular formula is C24H25BrN6OS. The molecule has 4 aromatic rings. The van der Waals surface area contributed by atoms with Crippen molar-refractivity contribution in [3.8, 4) is 0 Å². The van der Waals surface area contributed by atoms with Gasteiger partial charge in [0, 0.05) is 55.9 Å². The number of nitrogens with zero attached hydrogens (tertiary/aromatic N) is 6.